The van der Waals surface area contributed by atoms with Crippen molar-refractivity contribution in [3.8, 4) is 34.6 Å². The molecule has 1 aromatic carbocycles. The summed E-state index contributed by atoms with van der Waals surface area (Å²) in [4.78, 5) is 13.8. The lowest BCUT2D eigenvalue weighted by Gasteiger charge is -2.33. The van der Waals surface area contributed by atoms with Gasteiger partial charge >= 0.3 is 0 Å². The van der Waals surface area contributed by atoms with Crippen LogP contribution in [0, 0.1) is 17.7 Å². The van der Waals surface area contributed by atoms with Crippen molar-refractivity contribution in [2.45, 2.75) is 44.2 Å². The molecule has 2 aromatic heterocycles. The number of benzene rings is 1. The first-order valence-electron chi connectivity index (χ1n) is 10.0. The summed E-state index contributed by atoms with van der Waals surface area (Å²) in [5, 5.41) is 13.7. The smallest absolute Gasteiger partial charge is 0.180 e. The Labute approximate surface area is 175 Å². The fourth-order valence-electron chi connectivity index (χ4n) is 4.01. The van der Waals surface area contributed by atoms with Crippen molar-refractivity contribution in [1.82, 2.24) is 19.5 Å². The third kappa shape index (κ3) is 3.91. The molecule has 2 heterocycles. The van der Waals surface area contributed by atoms with Gasteiger partial charge in [-0.05, 0) is 62.9 Å². The summed E-state index contributed by atoms with van der Waals surface area (Å²) in [7, 11) is 1.81. The number of halogens is 1. The zero-order chi connectivity index (χ0) is 21.1. The second-order valence-electron chi connectivity index (χ2n) is 7.51. The van der Waals surface area contributed by atoms with E-state index in [9.17, 15) is 9.50 Å². The highest BCUT2D eigenvalue weighted by molar-refractivity contribution is 5.75. The fraction of sp³-hybridized carbons (Fsp3) is 0.348. The lowest BCUT2D eigenvalue weighted by atomic mass is 9.82. The second-order valence-corrected chi connectivity index (χ2v) is 7.51. The van der Waals surface area contributed by atoms with Crippen molar-refractivity contribution < 1.29 is 9.50 Å². The molecule has 0 atom stereocenters. The Bertz CT molecular complexity index is 1090. The molecular formula is C23H24FN5O. The molecular weight excluding hydrogens is 381 g/mol. The van der Waals surface area contributed by atoms with Crippen LogP contribution in [0.5, 0.6) is 0 Å². The molecule has 0 radical (unpaired) electrons. The van der Waals surface area contributed by atoms with Gasteiger partial charge in [0.2, 0.25) is 0 Å². The van der Waals surface area contributed by atoms with Crippen LogP contribution >= 0.6 is 0 Å². The maximum absolute atomic E-state index is 13.5. The first-order valence-corrected chi connectivity index (χ1v) is 10.0. The highest BCUT2D eigenvalue weighted by Gasteiger charge is 2.34. The summed E-state index contributed by atoms with van der Waals surface area (Å²) in [6.07, 6.45) is 6.23. The lowest BCUT2D eigenvalue weighted by Crippen LogP contribution is -2.33. The van der Waals surface area contributed by atoms with Crippen LogP contribution in [0.3, 0.4) is 0 Å². The minimum Gasteiger partial charge on any atom is -0.378 e. The zero-order valence-electron chi connectivity index (χ0n) is 17.1. The molecule has 0 unspecified atom stereocenters. The van der Waals surface area contributed by atoms with Gasteiger partial charge in [0.1, 0.15) is 22.9 Å². The van der Waals surface area contributed by atoms with Crippen LogP contribution in [-0.4, -0.2) is 37.3 Å². The molecule has 6 nitrogen and oxygen atoms in total. The van der Waals surface area contributed by atoms with E-state index in [1.165, 1.54) is 12.1 Å². The van der Waals surface area contributed by atoms with Crippen molar-refractivity contribution in [3.63, 3.8) is 0 Å². The van der Waals surface area contributed by atoms with Gasteiger partial charge in [0.15, 0.2) is 5.82 Å². The monoisotopic (exact) mass is 405 g/mol. The van der Waals surface area contributed by atoms with E-state index in [1.54, 1.807) is 44.7 Å². The Morgan fingerprint density at radius 2 is 1.90 bits per heavy atom. The number of nitrogens with zero attached hydrogens (tertiary/aromatic N) is 4. The van der Waals surface area contributed by atoms with Gasteiger partial charge < -0.3 is 15.0 Å². The largest absolute Gasteiger partial charge is 0.378 e. The number of hydrogen-bond donors (Lipinski definition) is 2. The molecule has 1 saturated carbocycles. The van der Waals surface area contributed by atoms with Gasteiger partial charge in [-0.15, -0.1) is 5.92 Å². The van der Waals surface area contributed by atoms with E-state index >= 15 is 0 Å². The van der Waals surface area contributed by atoms with Crippen molar-refractivity contribution in [2.75, 3.05) is 12.4 Å². The molecule has 1 aliphatic rings. The number of aromatic nitrogens is 4. The van der Waals surface area contributed by atoms with Crippen LogP contribution in [0.1, 0.15) is 38.6 Å². The SMILES string of the molecule is CC#CC1(O)CCC(n2cnc(-c3ccc(F)cc3)c2-c2nccc(NC)n2)CC1. The van der Waals surface area contributed by atoms with Gasteiger partial charge in [-0.2, -0.15) is 0 Å². The number of imidazole rings is 1. The van der Waals surface area contributed by atoms with Crippen LogP contribution < -0.4 is 5.32 Å². The van der Waals surface area contributed by atoms with Gasteiger partial charge in [0.05, 0.1) is 12.0 Å². The van der Waals surface area contributed by atoms with Gasteiger partial charge in [-0.1, -0.05) is 5.92 Å². The predicted molar refractivity (Wildman–Crippen MR) is 114 cm³/mol. The van der Waals surface area contributed by atoms with E-state index in [-0.39, 0.29) is 11.9 Å². The van der Waals surface area contributed by atoms with E-state index in [0.29, 0.717) is 30.2 Å². The molecule has 2 N–H and O–H groups in total. The number of nitrogens with one attached hydrogen (secondary N) is 1. The molecule has 0 saturated heterocycles. The van der Waals surface area contributed by atoms with E-state index in [4.69, 9.17) is 0 Å². The van der Waals surface area contributed by atoms with Crippen LogP contribution in [0.4, 0.5) is 10.2 Å². The van der Waals surface area contributed by atoms with Gasteiger partial charge in [0.25, 0.3) is 0 Å². The fourth-order valence-corrected chi connectivity index (χ4v) is 4.01. The van der Waals surface area contributed by atoms with E-state index in [0.717, 1.165) is 24.1 Å². The summed E-state index contributed by atoms with van der Waals surface area (Å²) in [5.74, 6) is 6.74. The number of aliphatic hydroxyl groups is 1. The molecule has 7 heteroatoms. The summed E-state index contributed by atoms with van der Waals surface area (Å²) in [6.45, 7) is 1.75. The van der Waals surface area contributed by atoms with E-state index in [2.05, 4.69) is 36.7 Å². The molecule has 154 valence electrons. The minimum atomic E-state index is -0.922. The van der Waals surface area contributed by atoms with Crippen molar-refractivity contribution in [2.24, 2.45) is 0 Å². The third-order valence-corrected chi connectivity index (χ3v) is 5.57. The van der Waals surface area contributed by atoms with Crippen molar-refractivity contribution in [3.05, 3.63) is 48.7 Å². The third-order valence-electron chi connectivity index (χ3n) is 5.57. The summed E-state index contributed by atoms with van der Waals surface area (Å²) in [6, 6.07) is 8.21. The van der Waals surface area contributed by atoms with Crippen LogP contribution in [0.15, 0.2) is 42.9 Å². The Morgan fingerprint density at radius 1 is 1.17 bits per heavy atom. The van der Waals surface area contributed by atoms with Crippen molar-refractivity contribution in [1.29, 1.82) is 0 Å². The number of hydrogen-bond acceptors (Lipinski definition) is 5. The Hall–Kier alpha value is -3.24. The lowest BCUT2D eigenvalue weighted by molar-refractivity contribution is 0.0463. The van der Waals surface area contributed by atoms with Gasteiger partial charge in [0, 0.05) is 24.8 Å². The van der Waals surface area contributed by atoms with Gasteiger partial charge in [-0.3, -0.25) is 0 Å². The van der Waals surface area contributed by atoms with Crippen LogP contribution in [0.2, 0.25) is 0 Å². The average Bonchev–Trinajstić information content (AvgIpc) is 3.20. The quantitative estimate of drug-likeness (QED) is 0.641. The normalized spacial score (nSPS) is 21.0. The maximum Gasteiger partial charge on any atom is 0.180 e. The van der Waals surface area contributed by atoms with E-state index in [1.807, 2.05) is 0 Å². The number of anilines is 1. The van der Waals surface area contributed by atoms with Crippen molar-refractivity contribution >= 4 is 5.82 Å². The summed E-state index contributed by atoms with van der Waals surface area (Å²) in [5.41, 5.74) is 1.37. The second kappa shape index (κ2) is 8.25. The molecule has 3 aromatic rings. The highest BCUT2D eigenvalue weighted by atomic mass is 19.1. The number of rotatable bonds is 4. The molecule has 0 bridgehead atoms. The first kappa shape index (κ1) is 20.0. The Balaban J connectivity index is 1.77. The average molecular weight is 405 g/mol. The molecule has 30 heavy (non-hydrogen) atoms. The molecule has 1 fully saturated rings. The molecule has 0 aliphatic heterocycles. The molecule has 0 amide bonds. The Morgan fingerprint density at radius 3 is 2.57 bits per heavy atom. The maximum atomic E-state index is 13.5. The van der Waals surface area contributed by atoms with Crippen LogP contribution in [-0.2, 0) is 0 Å². The topological polar surface area (TPSA) is 75.9 Å². The zero-order valence-corrected chi connectivity index (χ0v) is 17.1. The minimum absolute atomic E-state index is 0.141. The first-order chi connectivity index (χ1) is 14.5. The standard InChI is InChI=1S/C23H24FN5O/c1-3-11-23(30)12-8-18(9-13-23)29-15-27-20(16-4-6-17(24)7-5-16)21(29)22-26-14-10-19(25-2)28-22/h4-7,10,14-15,18,30H,8-9,12-13H2,1-2H3,(H,25,26,28). The summed E-state index contributed by atoms with van der Waals surface area (Å²) >= 11 is 0. The van der Waals surface area contributed by atoms with E-state index < -0.39 is 5.60 Å². The molecule has 0 spiro atoms. The highest BCUT2D eigenvalue weighted by Crippen LogP contribution is 2.39. The molecule has 4 rings (SSSR count). The van der Waals surface area contributed by atoms with Gasteiger partial charge in [-0.25, -0.2) is 19.3 Å². The Kier molecular flexibility index (Phi) is 5.51. The van der Waals surface area contributed by atoms with Crippen LogP contribution in [0.25, 0.3) is 22.8 Å². The molecule has 1 aliphatic carbocycles. The summed E-state index contributed by atoms with van der Waals surface area (Å²) < 4.78 is 15.6. The predicted octanol–water partition coefficient (Wildman–Crippen LogP) is 4.06.